The molecule has 3 N–H and O–H groups in total. The van der Waals surface area contributed by atoms with Crippen LogP contribution in [0.2, 0.25) is 5.02 Å². The number of carbonyl (C=O) groups excluding carboxylic acids is 4. The van der Waals surface area contributed by atoms with Gasteiger partial charge in [0.15, 0.2) is 0 Å². The number of phenolic OH excluding ortho intramolecular Hbond substituents is 1. The van der Waals surface area contributed by atoms with Crippen molar-refractivity contribution in [2.75, 3.05) is 5.43 Å². The van der Waals surface area contributed by atoms with E-state index in [4.69, 9.17) is 11.6 Å². The Bertz CT molecular complexity index is 1730. The van der Waals surface area contributed by atoms with Crippen molar-refractivity contribution in [2.45, 2.75) is 24.2 Å². The predicted molar refractivity (Wildman–Crippen MR) is 151 cm³/mol. The maximum absolute atomic E-state index is 14.9. The zero-order valence-electron chi connectivity index (χ0n) is 22.5. The lowest BCUT2D eigenvalue weighted by molar-refractivity contribution is -0.173. The van der Waals surface area contributed by atoms with E-state index in [9.17, 15) is 33.9 Å². The number of allylic oxidation sites excluding steroid dienone is 2. The first-order chi connectivity index (χ1) is 20.6. The monoisotopic (exact) mass is 601 g/mol. The summed E-state index contributed by atoms with van der Waals surface area (Å²) < 4.78 is 13.7. The predicted octanol–water partition coefficient (Wildman–Crippen LogP) is 4.56. The average Bonchev–Trinajstić information content (AvgIpc) is 3.35. The lowest BCUT2D eigenvalue weighted by atomic mass is 9.49. The molecule has 3 aromatic rings. The largest absolute Gasteiger partial charge is 0.508 e. The number of para-hydroxylation sites is 1. The van der Waals surface area contributed by atoms with Crippen LogP contribution in [-0.4, -0.2) is 44.0 Å². The second-order valence-corrected chi connectivity index (χ2v) is 11.9. The number of phenols is 1. The fraction of sp³-hybridized carbons (Fsp3) is 0.250. The first kappa shape index (κ1) is 27.3. The van der Waals surface area contributed by atoms with Gasteiger partial charge in [-0.15, -0.1) is 0 Å². The van der Waals surface area contributed by atoms with Crippen molar-refractivity contribution in [1.29, 1.82) is 0 Å². The summed E-state index contributed by atoms with van der Waals surface area (Å²) in [6.07, 6.45) is 1.98. The smallest absolute Gasteiger partial charge is 0.260 e. The van der Waals surface area contributed by atoms with Crippen LogP contribution in [0.25, 0.3) is 0 Å². The highest BCUT2D eigenvalue weighted by Crippen LogP contribution is 2.64. The van der Waals surface area contributed by atoms with Crippen LogP contribution < -0.4 is 5.43 Å². The van der Waals surface area contributed by atoms with E-state index >= 15 is 0 Å². The van der Waals surface area contributed by atoms with Crippen LogP contribution in [0.4, 0.5) is 10.1 Å². The fourth-order valence-corrected chi connectivity index (χ4v) is 7.84. The number of hydrogen-bond acceptors (Lipinski definition) is 7. The highest BCUT2D eigenvalue weighted by molar-refractivity contribution is 6.30. The number of nitrogens with one attached hydrogen (secondary N) is 1. The van der Waals surface area contributed by atoms with Crippen molar-refractivity contribution in [2.24, 2.45) is 23.7 Å². The molecule has 6 unspecified atom stereocenters. The third kappa shape index (κ3) is 3.79. The number of carbonyl (C=O) groups is 4. The molecule has 218 valence electrons. The lowest BCUT2D eigenvalue weighted by Crippen LogP contribution is -2.53. The van der Waals surface area contributed by atoms with Crippen LogP contribution in [-0.2, 0) is 24.6 Å². The molecule has 1 saturated carbocycles. The normalized spacial score (nSPS) is 29.7. The fourth-order valence-electron chi connectivity index (χ4n) is 7.71. The first-order valence-electron chi connectivity index (χ1n) is 13.9. The van der Waals surface area contributed by atoms with Crippen molar-refractivity contribution in [3.8, 4) is 5.75 Å². The van der Waals surface area contributed by atoms with Gasteiger partial charge in [0.25, 0.3) is 23.6 Å². The van der Waals surface area contributed by atoms with Crippen LogP contribution >= 0.6 is 11.6 Å². The minimum atomic E-state index is -1.59. The number of benzene rings is 3. The molecule has 0 radical (unpaired) electrons. The number of hydroxylamine groups is 2. The summed E-state index contributed by atoms with van der Waals surface area (Å²) in [5, 5.41) is 23.0. The molecule has 0 aromatic heterocycles. The number of hydrazine groups is 1. The number of imide groups is 2. The average molecular weight is 602 g/mol. The number of nitrogens with zero attached hydrogens (tertiary/aromatic N) is 2. The molecule has 2 saturated heterocycles. The maximum Gasteiger partial charge on any atom is 0.260 e. The van der Waals surface area contributed by atoms with Gasteiger partial charge in [-0.25, -0.2) is 4.39 Å². The van der Waals surface area contributed by atoms with E-state index in [0.717, 1.165) is 5.01 Å². The highest BCUT2D eigenvalue weighted by atomic mass is 35.5. The van der Waals surface area contributed by atoms with Gasteiger partial charge in [0.1, 0.15) is 11.6 Å². The van der Waals surface area contributed by atoms with E-state index in [1.54, 1.807) is 42.5 Å². The Labute approximate surface area is 250 Å². The van der Waals surface area contributed by atoms with E-state index in [0.29, 0.717) is 27.4 Å². The highest BCUT2D eigenvalue weighted by Gasteiger charge is 2.70. The van der Waals surface area contributed by atoms with E-state index < -0.39 is 64.5 Å². The molecule has 2 aliphatic heterocycles. The van der Waals surface area contributed by atoms with E-state index in [-0.39, 0.29) is 23.7 Å². The summed E-state index contributed by atoms with van der Waals surface area (Å²) in [6.45, 7) is 0. The number of hydrogen-bond donors (Lipinski definition) is 3. The second kappa shape index (κ2) is 9.75. The van der Waals surface area contributed by atoms with Gasteiger partial charge in [0, 0.05) is 16.5 Å². The number of amides is 4. The van der Waals surface area contributed by atoms with Gasteiger partial charge in [0.2, 0.25) is 0 Å². The number of halogens is 2. The van der Waals surface area contributed by atoms with Gasteiger partial charge in [-0.2, -0.15) is 10.1 Å². The zero-order chi connectivity index (χ0) is 30.2. The molecule has 9 nitrogen and oxygen atoms in total. The van der Waals surface area contributed by atoms with Crippen LogP contribution in [0.5, 0.6) is 5.75 Å². The molecule has 0 bridgehead atoms. The lowest BCUT2D eigenvalue weighted by Gasteiger charge is -2.50. The molecule has 43 heavy (non-hydrogen) atoms. The molecule has 3 fully saturated rings. The molecule has 3 aromatic carbocycles. The van der Waals surface area contributed by atoms with Crippen molar-refractivity contribution in [3.05, 3.63) is 106 Å². The Kier molecular flexibility index (Phi) is 6.19. The minimum absolute atomic E-state index is 0.0265. The molecule has 2 heterocycles. The van der Waals surface area contributed by atoms with E-state index in [1.807, 2.05) is 6.08 Å². The molecule has 2 aliphatic carbocycles. The molecular weight excluding hydrogens is 577 g/mol. The van der Waals surface area contributed by atoms with Crippen molar-refractivity contribution in [1.82, 2.24) is 10.1 Å². The van der Waals surface area contributed by atoms with Gasteiger partial charge in [-0.1, -0.05) is 53.6 Å². The van der Waals surface area contributed by atoms with Gasteiger partial charge >= 0.3 is 0 Å². The number of rotatable bonds is 4. The van der Waals surface area contributed by atoms with E-state index in [1.165, 1.54) is 30.3 Å². The van der Waals surface area contributed by atoms with Gasteiger partial charge in [-0.05, 0) is 66.8 Å². The van der Waals surface area contributed by atoms with Crippen LogP contribution in [0, 0.1) is 29.5 Å². The third-order valence-electron chi connectivity index (χ3n) is 9.48. The number of aromatic hydroxyl groups is 1. The zero-order valence-corrected chi connectivity index (χ0v) is 23.2. The first-order valence-corrected chi connectivity index (χ1v) is 14.2. The molecule has 0 spiro atoms. The number of fused-ring (bicyclic) bond motifs is 4. The summed E-state index contributed by atoms with van der Waals surface area (Å²) in [6, 6.07) is 18.3. The Morgan fingerprint density at radius 1 is 0.884 bits per heavy atom. The molecular formula is C32H25ClFN3O6. The van der Waals surface area contributed by atoms with E-state index in [2.05, 4.69) is 5.43 Å². The third-order valence-corrected chi connectivity index (χ3v) is 9.73. The Balaban J connectivity index is 1.47. The Morgan fingerprint density at radius 3 is 2.28 bits per heavy atom. The quantitative estimate of drug-likeness (QED) is 0.227. The number of anilines is 1. The van der Waals surface area contributed by atoms with Gasteiger partial charge in [-0.3, -0.25) is 29.8 Å². The molecule has 6 atom stereocenters. The maximum atomic E-state index is 14.9. The second-order valence-electron chi connectivity index (χ2n) is 11.4. The van der Waals surface area contributed by atoms with Crippen LogP contribution in [0.15, 0.2) is 84.4 Å². The minimum Gasteiger partial charge on any atom is -0.508 e. The molecule has 11 heteroatoms. The Morgan fingerprint density at radius 2 is 1.58 bits per heavy atom. The van der Waals surface area contributed by atoms with Crippen LogP contribution in [0.3, 0.4) is 0 Å². The Hall–Kier alpha value is -4.54. The standard InChI is InChI=1S/C32H25ClFN3O6/c33-17-7-5-16(6-8-17)32-24(29(40)36(31(32)42)35-19-11-9-18(34)10-12-19)15-23-20(27(32)21-3-1-2-4-25(21)38)13-14-22-26(23)30(41)37(43)28(22)39/h1-13,22-24,26-27,35,38,43H,14-15H2. The van der Waals surface area contributed by atoms with Crippen LogP contribution in [0.1, 0.15) is 29.9 Å². The summed E-state index contributed by atoms with van der Waals surface area (Å²) in [5.74, 6) is -7.61. The summed E-state index contributed by atoms with van der Waals surface area (Å²) in [5.41, 5.74) is 3.06. The summed E-state index contributed by atoms with van der Waals surface area (Å²) >= 11 is 6.24. The topological polar surface area (TPSA) is 127 Å². The van der Waals surface area contributed by atoms with Crippen molar-refractivity contribution in [3.63, 3.8) is 0 Å². The van der Waals surface area contributed by atoms with Crippen molar-refractivity contribution < 1.29 is 33.9 Å². The molecule has 4 aliphatic rings. The summed E-state index contributed by atoms with van der Waals surface area (Å²) in [7, 11) is 0. The molecule has 4 amide bonds. The SMILES string of the molecule is O=C1C2CC=C3C(CC4C(=O)N(Nc5ccc(F)cc5)C(=O)C4(c4ccc(Cl)cc4)C3c3ccccc3O)C2C(=O)N1O. The van der Waals surface area contributed by atoms with Crippen molar-refractivity contribution >= 4 is 40.9 Å². The van der Waals surface area contributed by atoms with Gasteiger partial charge in [0.05, 0.1) is 28.9 Å². The summed E-state index contributed by atoms with van der Waals surface area (Å²) in [4.78, 5) is 55.2. The molecule has 7 rings (SSSR count). The van der Waals surface area contributed by atoms with Gasteiger partial charge < -0.3 is 5.11 Å².